The van der Waals surface area contributed by atoms with Gasteiger partial charge in [-0.25, -0.2) is 0 Å². The molecule has 6 heteroatoms. The topological polar surface area (TPSA) is 95.9 Å². The molecular weight excluding hydrogens is 815 g/mol. The van der Waals surface area contributed by atoms with E-state index in [-0.39, 0.29) is 18.5 Å². The molecule has 0 aliphatic rings. The molecule has 2 unspecified atom stereocenters. The fourth-order valence-electron chi connectivity index (χ4n) is 9.46. The maximum Gasteiger partial charge on any atom is 0.305 e. The van der Waals surface area contributed by atoms with Gasteiger partial charge >= 0.3 is 5.97 Å². The van der Waals surface area contributed by atoms with Crippen LogP contribution in [0.25, 0.3) is 0 Å². The van der Waals surface area contributed by atoms with Gasteiger partial charge < -0.3 is 20.3 Å². The highest BCUT2D eigenvalue weighted by atomic mass is 16.5. The Morgan fingerprint density at radius 1 is 0.409 bits per heavy atom. The molecule has 1 amide bonds. The maximum absolute atomic E-state index is 12.4. The van der Waals surface area contributed by atoms with Gasteiger partial charge in [0, 0.05) is 12.8 Å². The minimum Gasteiger partial charge on any atom is -0.466 e. The number of rotatable bonds is 56. The molecule has 0 spiro atoms. The SMILES string of the molecule is CCCCCCCCCCCCCCCCCCCCC(=O)OCCCCCCCCCC/C=C\CCCCCCCCCC(=O)NC(CO)C(O)CCCCCCCCCCCCCC. The van der Waals surface area contributed by atoms with E-state index in [1.54, 1.807) is 0 Å². The fourth-order valence-corrected chi connectivity index (χ4v) is 9.46. The molecule has 2 atom stereocenters. The van der Waals surface area contributed by atoms with Gasteiger partial charge in [-0.15, -0.1) is 0 Å². The number of carbonyl (C=O) groups is 2. The van der Waals surface area contributed by atoms with Crippen LogP contribution in [0, 0.1) is 0 Å². The standard InChI is InChI=1S/C60H117NO5/c1-3-5-7-9-11-13-15-17-18-19-24-27-30-34-38-42-46-50-54-60(65)66-55-51-47-43-39-35-31-28-25-22-20-21-23-26-29-33-37-41-45-49-53-59(64)61-57(56-62)58(63)52-48-44-40-36-32-16-14-12-10-8-6-4-2/h20-21,57-58,62-63H,3-19,22-56H2,1-2H3,(H,61,64)/b21-20-. The Morgan fingerprint density at radius 2 is 0.712 bits per heavy atom. The van der Waals surface area contributed by atoms with Crippen LogP contribution >= 0.6 is 0 Å². The normalized spacial score (nSPS) is 12.6. The van der Waals surface area contributed by atoms with Gasteiger partial charge in [0.05, 0.1) is 25.4 Å². The molecule has 0 aliphatic carbocycles. The first-order chi connectivity index (χ1) is 32.5. The molecule has 0 aromatic heterocycles. The zero-order chi connectivity index (χ0) is 47.9. The largest absolute Gasteiger partial charge is 0.466 e. The number of ether oxygens (including phenoxy) is 1. The molecule has 0 aromatic carbocycles. The number of allylic oxidation sites excluding steroid dienone is 2. The second-order valence-corrected chi connectivity index (χ2v) is 20.7. The molecule has 0 fully saturated rings. The first-order valence-corrected chi connectivity index (χ1v) is 29.9. The van der Waals surface area contributed by atoms with Gasteiger partial charge in [-0.1, -0.05) is 283 Å². The van der Waals surface area contributed by atoms with Crippen molar-refractivity contribution in [2.24, 2.45) is 0 Å². The monoisotopic (exact) mass is 932 g/mol. The van der Waals surface area contributed by atoms with Crippen molar-refractivity contribution >= 4 is 11.9 Å². The van der Waals surface area contributed by atoms with Crippen molar-refractivity contribution < 1.29 is 24.5 Å². The Balaban J connectivity index is 3.39. The Hall–Kier alpha value is -1.40. The molecule has 66 heavy (non-hydrogen) atoms. The molecule has 0 rings (SSSR count). The van der Waals surface area contributed by atoms with Crippen LogP contribution in [-0.4, -0.2) is 47.4 Å². The summed E-state index contributed by atoms with van der Waals surface area (Å²) in [7, 11) is 0. The average molecular weight is 933 g/mol. The third-order valence-electron chi connectivity index (χ3n) is 14.1. The summed E-state index contributed by atoms with van der Waals surface area (Å²) in [5.41, 5.74) is 0. The van der Waals surface area contributed by atoms with Crippen molar-refractivity contribution in [3.8, 4) is 0 Å². The highest BCUT2D eigenvalue weighted by Gasteiger charge is 2.20. The van der Waals surface area contributed by atoms with Crippen molar-refractivity contribution in [2.45, 2.75) is 347 Å². The van der Waals surface area contributed by atoms with E-state index in [4.69, 9.17) is 4.74 Å². The highest BCUT2D eigenvalue weighted by molar-refractivity contribution is 5.76. The van der Waals surface area contributed by atoms with Crippen LogP contribution < -0.4 is 5.32 Å². The number of nitrogens with one attached hydrogen (secondary N) is 1. The van der Waals surface area contributed by atoms with Crippen LogP contribution in [0.4, 0.5) is 0 Å². The van der Waals surface area contributed by atoms with Crippen LogP contribution in [0.2, 0.25) is 0 Å². The number of unbranched alkanes of at least 4 members (excludes halogenated alkanes) is 43. The molecule has 0 saturated carbocycles. The number of aliphatic hydroxyl groups is 2. The van der Waals surface area contributed by atoms with Crippen LogP contribution in [0.5, 0.6) is 0 Å². The fraction of sp³-hybridized carbons (Fsp3) is 0.933. The van der Waals surface area contributed by atoms with Crippen molar-refractivity contribution in [3.63, 3.8) is 0 Å². The van der Waals surface area contributed by atoms with Crippen LogP contribution in [0.3, 0.4) is 0 Å². The Bertz CT molecular complexity index is 986. The van der Waals surface area contributed by atoms with Gasteiger partial charge in [-0.3, -0.25) is 9.59 Å². The average Bonchev–Trinajstić information content (AvgIpc) is 3.32. The predicted molar refractivity (Wildman–Crippen MR) is 287 cm³/mol. The molecule has 0 radical (unpaired) electrons. The third-order valence-corrected chi connectivity index (χ3v) is 14.1. The quantitative estimate of drug-likeness (QED) is 0.0321. The predicted octanol–water partition coefficient (Wildman–Crippen LogP) is 18.5. The van der Waals surface area contributed by atoms with Crippen LogP contribution in [0.15, 0.2) is 12.2 Å². The number of aliphatic hydroxyl groups excluding tert-OH is 2. The van der Waals surface area contributed by atoms with Crippen molar-refractivity contribution in [1.82, 2.24) is 5.32 Å². The van der Waals surface area contributed by atoms with Gasteiger partial charge in [0.25, 0.3) is 0 Å². The van der Waals surface area contributed by atoms with Crippen LogP contribution in [-0.2, 0) is 14.3 Å². The molecule has 392 valence electrons. The van der Waals surface area contributed by atoms with Gasteiger partial charge in [0.1, 0.15) is 0 Å². The van der Waals surface area contributed by atoms with Crippen LogP contribution in [0.1, 0.15) is 335 Å². The lowest BCUT2D eigenvalue weighted by Gasteiger charge is -2.22. The van der Waals surface area contributed by atoms with E-state index in [0.717, 1.165) is 38.5 Å². The second kappa shape index (κ2) is 56.2. The molecule has 0 aromatic rings. The van der Waals surface area contributed by atoms with E-state index in [9.17, 15) is 19.8 Å². The van der Waals surface area contributed by atoms with Crippen molar-refractivity contribution in [3.05, 3.63) is 12.2 Å². The maximum atomic E-state index is 12.4. The smallest absolute Gasteiger partial charge is 0.305 e. The van der Waals surface area contributed by atoms with E-state index >= 15 is 0 Å². The summed E-state index contributed by atoms with van der Waals surface area (Å²) in [4.78, 5) is 24.5. The summed E-state index contributed by atoms with van der Waals surface area (Å²) in [5, 5.41) is 23.2. The minimum atomic E-state index is -0.668. The first kappa shape index (κ1) is 64.6. The molecule has 6 nitrogen and oxygen atoms in total. The molecule has 0 bridgehead atoms. The summed E-state index contributed by atoms with van der Waals surface area (Å²) in [6.07, 6.45) is 66.4. The molecule has 0 heterocycles. The van der Waals surface area contributed by atoms with Gasteiger partial charge in [0.2, 0.25) is 5.91 Å². The molecule has 0 saturated heterocycles. The number of amides is 1. The lowest BCUT2D eigenvalue weighted by molar-refractivity contribution is -0.143. The summed E-state index contributed by atoms with van der Waals surface area (Å²) < 4.78 is 5.49. The molecular formula is C60H117NO5. The van der Waals surface area contributed by atoms with Crippen molar-refractivity contribution in [2.75, 3.05) is 13.2 Å². The summed E-state index contributed by atoms with van der Waals surface area (Å²) in [6.45, 7) is 4.96. The lowest BCUT2D eigenvalue weighted by Crippen LogP contribution is -2.45. The van der Waals surface area contributed by atoms with E-state index < -0.39 is 12.1 Å². The second-order valence-electron chi connectivity index (χ2n) is 20.7. The summed E-state index contributed by atoms with van der Waals surface area (Å²) in [5.74, 6) is -0.0349. The lowest BCUT2D eigenvalue weighted by atomic mass is 10.0. The van der Waals surface area contributed by atoms with Gasteiger partial charge in [-0.05, 0) is 51.4 Å². The summed E-state index contributed by atoms with van der Waals surface area (Å²) in [6, 6.07) is -0.547. The zero-order valence-corrected chi connectivity index (χ0v) is 44.7. The number of hydrogen-bond donors (Lipinski definition) is 3. The Labute approximate surface area is 412 Å². The highest BCUT2D eigenvalue weighted by Crippen LogP contribution is 2.18. The number of carbonyl (C=O) groups excluding carboxylic acids is 2. The minimum absolute atomic E-state index is 0.00883. The van der Waals surface area contributed by atoms with E-state index in [1.165, 1.54) is 263 Å². The first-order valence-electron chi connectivity index (χ1n) is 29.9. The number of hydrogen-bond acceptors (Lipinski definition) is 5. The van der Waals surface area contributed by atoms with Gasteiger partial charge in [-0.2, -0.15) is 0 Å². The zero-order valence-electron chi connectivity index (χ0n) is 44.7. The molecule has 0 aliphatic heterocycles. The Morgan fingerprint density at radius 3 is 1.08 bits per heavy atom. The Kier molecular flexibility index (Phi) is 55.0. The van der Waals surface area contributed by atoms with Gasteiger partial charge in [0.15, 0.2) is 0 Å². The van der Waals surface area contributed by atoms with E-state index in [2.05, 4.69) is 31.3 Å². The van der Waals surface area contributed by atoms with Crippen molar-refractivity contribution in [1.29, 1.82) is 0 Å². The molecule has 3 N–H and O–H groups in total. The number of esters is 1. The third kappa shape index (κ3) is 52.0. The summed E-state index contributed by atoms with van der Waals surface area (Å²) >= 11 is 0. The van der Waals surface area contributed by atoms with E-state index in [0.29, 0.717) is 25.9 Å². The van der Waals surface area contributed by atoms with E-state index in [1.807, 2.05) is 0 Å².